The molecule has 4 heteroatoms. The van der Waals surface area contributed by atoms with Crippen LogP contribution in [0, 0.1) is 16.7 Å². The van der Waals surface area contributed by atoms with E-state index in [0.717, 1.165) is 0 Å². The lowest BCUT2D eigenvalue weighted by molar-refractivity contribution is -0.161. The van der Waals surface area contributed by atoms with Crippen molar-refractivity contribution in [1.82, 2.24) is 0 Å². The summed E-state index contributed by atoms with van der Waals surface area (Å²) in [6.45, 7) is 5.72. The van der Waals surface area contributed by atoms with Crippen molar-refractivity contribution in [3.8, 4) is 0 Å². The molecule has 0 aliphatic heterocycles. The summed E-state index contributed by atoms with van der Waals surface area (Å²) in [5, 5.41) is 0. The Balaban J connectivity index is 3.03. The van der Waals surface area contributed by atoms with E-state index in [0.29, 0.717) is 12.8 Å². The quantitative estimate of drug-likeness (QED) is 0.676. The van der Waals surface area contributed by atoms with Gasteiger partial charge in [0.15, 0.2) is 0 Å². The Kier molecular flexibility index (Phi) is 3.31. The van der Waals surface area contributed by atoms with Crippen molar-refractivity contribution >= 4 is 11.9 Å². The van der Waals surface area contributed by atoms with Crippen LogP contribution in [0.5, 0.6) is 0 Å². The van der Waals surface area contributed by atoms with Crippen molar-refractivity contribution in [2.75, 3.05) is 14.2 Å². The Morgan fingerprint density at radius 2 is 1.69 bits per heavy atom. The highest BCUT2D eigenvalue weighted by Gasteiger charge is 2.59. The molecule has 0 bridgehead atoms. The zero-order valence-electron chi connectivity index (χ0n) is 10.6. The normalized spacial score (nSPS) is 32.2. The van der Waals surface area contributed by atoms with Crippen LogP contribution in [0.4, 0.5) is 0 Å². The molecular formula is C12H20O4. The number of carbonyl (C=O) groups excluding carboxylic acids is 2. The van der Waals surface area contributed by atoms with Gasteiger partial charge in [0, 0.05) is 0 Å². The third kappa shape index (κ3) is 1.60. The molecule has 0 heterocycles. The zero-order chi connectivity index (χ0) is 12.6. The Morgan fingerprint density at radius 3 is 2.12 bits per heavy atom. The number of hydrogen-bond acceptors (Lipinski definition) is 4. The van der Waals surface area contributed by atoms with Crippen LogP contribution in [0.25, 0.3) is 0 Å². The van der Waals surface area contributed by atoms with Gasteiger partial charge < -0.3 is 9.47 Å². The van der Waals surface area contributed by atoms with E-state index in [4.69, 9.17) is 9.47 Å². The molecule has 1 aliphatic carbocycles. The average molecular weight is 228 g/mol. The predicted molar refractivity (Wildman–Crippen MR) is 58.6 cm³/mol. The number of esters is 2. The maximum atomic E-state index is 11.8. The molecule has 16 heavy (non-hydrogen) atoms. The Morgan fingerprint density at radius 1 is 1.12 bits per heavy atom. The van der Waals surface area contributed by atoms with Gasteiger partial charge in [-0.15, -0.1) is 0 Å². The second-order valence-corrected chi connectivity index (χ2v) is 5.16. The van der Waals surface area contributed by atoms with E-state index in [1.807, 2.05) is 20.8 Å². The first-order valence-corrected chi connectivity index (χ1v) is 5.47. The molecule has 1 fully saturated rings. The van der Waals surface area contributed by atoms with Crippen molar-refractivity contribution < 1.29 is 19.1 Å². The van der Waals surface area contributed by atoms with E-state index in [1.165, 1.54) is 14.2 Å². The van der Waals surface area contributed by atoms with Crippen molar-refractivity contribution in [2.24, 2.45) is 16.7 Å². The van der Waals surface area contributed by atoms with Crippen LogP contribution >= 0.6 is 0 Å². The first kappa shape index (κ1) is 13.0. The Labute approximate surface area is 96.3 Å². The SMILES string of the molecule is COC(=O)C1CC[C@@](C)(C(=O)OC)C1(C)C. The van der Waals surface area contributed by atoms with E-state index in [9.17, 15) is 9.59 Å². The van der Waals surface area contributed by atoms with Gasteiger partial charge >= 0.3 is 11.9 Å². The second kappa shape index (κ2) is 4.07. The first-order chi connectivity index (χ1) is 7.31. The Hall–Kier alpha value is -1.06. The van der Waals surface area contributed by atoms with Gasteiger partial charge in [-0.3, -0.25) is 9.59 Å². The van der Waals surface area contributed by atoms with Crippen LogP contribution < -0.4 is 0 Å². The summed E-state index contributed by atoms with van der Waals surface area (Å²) in [5.41, 5.74) is -1.05. The van der Waals surface area contributed by atoms with Crippen molar-refractivity contribution in [3.63, 3.8) is 0 Å². The topological polar surface area (TPSA) is 52.6 Å². The molecule has 0 aromatic rings. The summed E-state index contributed by atoms with van der Waals surface area (Å²) < 4.78 is 9.63. The molecule has 0 aromatic carbocycles. The van der Waals surface area contributed by atoms with E-state index < -0.39 is 10.8 Å². The summed E-state index contributed by atoms with van der Waals surface area (Å²) in [6, 6.07) is 0. The lowest BCUT2D eigenvalue weighted by Gasteiger charge is -2.38. The maximum Gasteiger partial charge on any atom is 0.312 e. The standard InChI is InChI=1S/C12H20O4/c1-11(2)8(9(13)15-4)6-7-12(11,3)10(14)16-5/h8H,6-7H2,1-5H3/t8?,12-/m0/s1. The van der Waals surface area contributed by atoms with Crippen LogP contribution in [0.1, 0.15) is 33.6 Å². The smallest absolute Gasteiger partial charge is 0.312 e. The molecule has 1 saturated carbocycles. The average Bonchev–Trinajstić information content (AvgIpc) is 2.49. The largest absolute Gasteiger partial charge is 0.469 e. The highest BCUT2D eigenvalue weighted by molar-refractivity contribution is 5.82. The van der Waals surface area contributed by atoms with Gasteiger partial charge in [-0.05, 0) is 25.2 Å². The minimum Gasteiger partial charge on any atom is -0.469 e. The maximum absolute atomic E-state index is 11.8. The number of methoxy groups -OCH3 is 2. The minimum atomic E-state index is -0.611. The molecule has 0 aromatic heterocycles. The summed E-state index contributed by atoms with van der Waals surface area (Å²) in [7, 11) is 2.77. The van der Waals surface area contributed by atoms with E-state index in [-0.39, 0.29) is 17.9 Å². The molecule has 0 radical (unpaired) electrons. The number of ether oxygens (including phenoxy) is 2. The van der Waals surface area contributed by atoms with Crippen LogP contribution in [-0.4, -0.2) is 26.2 Å². The lowest BCUT2D eigenvalue weighted by Crippen LogP contribution is -2.43. The fourth-order valence-electron chi connectivity index (χ4n) is 2.65. The summed E-state index contributed by atoms with van der Waals surface area (Å²) in [5.74, 6) is -0.719. The van der Waals surface area contributed by atoms with Gasteiger partial charge in [-0.25, -0.2) is 0 Å². The summed E-state index contributed by atoms with van der Waals surface area (Å²) in [6.07, 6.45) is 1.33. The van der Waals surface area contributed by atoms with Gasteiger partial charge in [0.2, 0.25) is 0 Å². The Bertz CT molecular complexity index is 308. The van der Waals surface area contributed by atoms with E-state index in [1.54, 1.807) is 0 Å². The third-order valence-corrected chi connectivity index (χ3v) is 4.35. The molecule has 2 atom stereocenters. The molecule has 0 N–H and O–H groups in total. The third-order valence-electron chi connectivity index (χ3n) is 4.35. The number of carbonyl (C=O) groups is 2. The highest BCUT2D eigenvalue weighted by Crippen LogP contribution is 2.56. The van der Waals surface area contributed by atoms with E-state index >= 15 is 0 Å². The van der Waals surface area contributed by atoms with Gasteiger partial charge in [0.1, 0.15) is 0 Å². The zero-order valence-corrected chi connectivity index (χ0v) is 10.6. The molecule has 4 nitrogen and oxygen atoms in total. The van der Waals surface area contributed by atoms with Crippen LogP contribution in [-0.2, 0) is 19.1 Å². The van der Waals surface area contributed by atoms with Crippen molar-refractivity contribution in [3.05, 3.63) is 0 Å². The molecule has 1 aliphatic rings. The molecule has 1 rings (SSSR count). The molecule has 1 unspecified atom stereocenters. The van der Waals surface area contributed by atoms with E-state index in [2.05, 4.69) is 0 Å². The highest BCUT2D eigenvalue weighted by atomic mass is 16.5. The van der Waals surface area contributed by atoms with Crippen LogP contribution in [0.2, 0.25) is 0 Å². The molecule has 0 spiro atoms. The van der Waals surface area contributed by atoms with Crippen molar-refractivity contribution in [2.45, 2.75) is 33.6 Å². The van der Waals surface area contributed by atoms with Gasteiger partial charge in [-0.1, -0.05) is 13.8 Å². The van der Waals surface area contributed by atoms with Crippen LogP contribution in [0.15, 0.2) is 0 Å². The summed E-state index contributed by atoms with van der Waals surface area (Å²) >= 11 is 0. The minimum absolute atomic E-state index is 0.235. The monoisotopic (exact) mass is 228 g/mol. The second-order valence-electron chi connectivity index (χ2n) is 5.16. The fraction of sp³-hybridized carbons (Fsp3) is 0.833. The van der Waals surface area contributed by atoms with Crippen LogP contribution in [0.3, 0.4) is 0 Å². The summed E-state index contributed by atoms with van der Waals surface area (Å²) in [4.78, 5) is 23.5. The number of hydrogen-bond donors (Lipinski definition) is 0. The molecule has 0 saturated heterocycles. The molecular weight excluding hydrogens is 208 g/mol. The van der Waals surface area contributed by atoms with Gasteiger partial charge in [-0.2, -0.15) is 0 Å². The van der Waals surface area contributed by atoms with Gasteiger partial charge in [0.25, 0.3) is 0 Å². The molecule has 92 valence electrons. The fourth-order valence-corrected chi connectivity index (χ4v) is 2.65. The molecule has 0 amide bonds. The lowest BCUT2D eigenvalue weighted by atomic mass is 9.65. The predicted octanol–water partition coefficient (Wildman–Crippen LogP) is 1.77. The van der Waals surface area contributed by atoms with Gasteiger partial charge in [0.05, 0.1) is 25.6 Å². The van der Waals surface area contributed by atoms with Crippen molar-refractivity contribution in [1.29, 1.82) is 0 Å². The first-order valence-electron chi connectivity index (χ1n) is 5.47. The number of rotatable bonds is 2.